The summed E-state index contributed by atoms with van der Waals surface area (Å²) in [4.78, 5) is 2.44. The number of hydrogen-bond acceptors (Lipinski definition) is 3. The molecule has 2 nitrogen and oxygen atoms in total. The summed E-state index contributed by atoms with van der Waals surface area (Å²) >= 11 is 1.96. The van der Waals surface area contributed by atoms with Gasteiger partial charge in [-0.25, -0.2) is 0 Å². The average molecular weight is 217 g/mol. The molecule has 0 aliphatic heterocycles. The van der Waals surface area contributed by atoms with Crippen LogP contribution < -0.4 is 0 Å². The molecule has 1 saturated carbocycles. The summed E-state index contributed by atoms with van der Waals surface area (Å²) in [5, 5.41) is 10.2. The fraction of sp³-hybridized carbons (Fsp3) is 1.00. The van der Waals surface area contributed by atoms with Gasteiger partial charge in [-0.3, -0.25) is 0 Å². The standard InChI is InChI=1S/C11H23NOS/c1-3-12(4-2)8-9-14-11-7-5-6-10(11)13/h10-11,13H,3-9H2,1-2H3/t10-,11-/m0/s1. The van der Waals surface area contributed by atoms with Crippen molar-refractivity contribution in [2.24, 2.45) is 0 Å². The molecular formula is C11H23NOS. The smallest absolute Gasteiger partial charge is 0.0658 e. The van der Waals surface area contributed by atoms with Crippen molar-refractivity contribution < 1.29 is 5.11 Å². The molecule has 0 aromatic rings. The number of nitrogens with zero attached hydrogens (tertiary/aromatic N) is 1. The number of hydrogen-bond donors (Lipinski definition) is 1. The molecule has 3 heteroatoms. The van der Waals surface area contributed by atoms with Gasteiger partial charge in [0.25, 0.3) is 0 Å². The van der Waals surface area contributed by atoms with Gasteiger partial charge in [0, 0.05) is 17.5 Å². The highest BCUT2D eigenvalue weighted by Gasteiger charge is 2.25. The molecule has 1 rings (SSSR count). The highest BCUT2D eigenvalue weighted by molar-refractivity contribution is 8.00. The Bertz CT molecular complexity index is 150. The lowest BCUT2D eigenvalue weighted by Crippen LogP contribution is -2.26. The maximum Gasteiger partial charge on any atom is 0.0658 e. The van der Waals surface area contributed by atoms with Crippen molar-refractivity contribution in [3.8, 4) is 0 Å². The second-order valence-corrected chi connectivity index (χ2v) is 5.28. The van der Waals surface area contributed by atoms with Crippen molar-refractivity contribution in [3.05, 3.63) is 0 Å². The molecule has 1 aliphatic carbocycles. The summed E-state index contributed by atoms with van der Waals surface area (Å²) < 4.78 is 0. The van der Waals surface area contributed by atoms with Crippen LogP contribution in [-0.4, -0.2) is 46.7 Å². The molecule has 0 aromatic carbocycles. The van der Waals surface area contributed by atoms with E-state index in [2.05, 4.69) is 18.7 Å². The van der Waals surface area contributed by atoms with Crippen molar-refractivity contribution in [1.82, 2.24) is 4.90 Å². The third-order valence-corrected chi connectivity index (χ3v) is 4.45. The van der Waals surface area contributed by atoms with Crippen molar-refractivity contribution in [2.75, 3.05) is 25.4 Å². The summed E-state index contributed by atoms with van der Waals surface area (Å²) in [5.41, 5.74) is 0. The van der Waals surface area contributed by atoms with Gasteiger partial charge in [0.05, 0.1) is 6.10 Å². The molecule has 0 unspecified atom stereocenters. The topological polar surface area (TPSA) is 23.5 Å². The van der Waals surface area contributed by atoms with Gasteiger partial charge in [0.1, 0.15) is 0 Å². The Morgan fingerprint density at radius 3 is 2.50 bits per heavy atom. The minimum absolute atomic E-state index is 0.0308. The molecule has 0 amide bonds. The van der Waals surface area contributed by atoms with Crippen LogP contribution >= 0.6 is 11.8 Å². The Balaban J connectivity index is 2.08. The van der Waals surface area contributed by atoms with Gasteiger partial charge in [-0.05, 0) is 32.4 Å². The fourth-order valence-corrected chi connectivity index (χ4v) is 3.33. The van der Waals surface area contributed by atoms with Crippen molar-refractivity contribution >= 4 is 11.8 Å². The van der Waals surface area contributed by atoms with E-state index in [1.807, 2.05) is 11.8 Å². The van der Waals surface area contributed by atoms with Gasteiger partial charge in [0.2, 0.25) is 0 Å². The van der Waals surface area contributed by atoms with E-state index >= 15 is 0 Å². The van der Waals surface area contributed by atoms with E-state index in [-0.39, 0.29) is 6.10 Å². The molecule has 0 heterocycles. The predicted molar refractivity (Wildman–Crippen MR) is 63.9 cm³/mol. The first-order chi connectivity index (χ1) is 6.77. The van der Waals surface area contributed by atoms with Crippen LogP contribution in [0.1, 0.15) is 33.1 Å². The molecule has 1 N–H and O–H groups in total. The summed E-state index contributed by atoms with van der Waals surface area (Å²) in [6.45, 7) is 7.87. The first kappa shape index (κ1) is 12.3. The van der Waals surface area contributed by atoms with Crippen LogP contribution in [-0.2, 0) is 0 Å². The van der Waals surface area contributed by atoms with Gasteiger partial charge in [-0.15, -0.1) is 0 Å². The molecule has 0 radical (unpaired) electrons. The Hall–Kier alpha value is 0.270. The van der Waals surface area contributed by atoms with Crippen LogP contribution in [0.2, 0.25) is 0 Å². The summed E-state index contributed by atoms with van der Waals surface area (Å²) in [5.74, 6) is 1.17. The zero-order valence-electron chi connectivity index (χ0n) is 9.41. The monoisotopic (exact) mass is 217 g/mol. The summed E-state index contributed by atoms with van der Waals surface area (Å²) in [7, 11) is 0. The Labute approximate surface area is 92.1 Å². The summed E-state index contributed by atoms with van der Waals surface area (Å²) in [6, 6.07) is 0. The SMILES string of the molecule is CCN(CC)CCS[C@H]1CCC[C@@H]1O. The van der Waals surface area contributed by atoms with Crippen LogP contribution in [0.5, 0.6) is 0 Å². The van der Waals surface area contributed by atoms with E-state index in [9.17, 15) is 5.11 Å². The second kappa shape index (κ2) is 6.70. The summed E-state index contributed by atoms with van der Waals surface area (Å²) in [6.07, 6.45) is 3.41. The largest absolute Gasteiger partial charge is 0.392 e. The molecule has 14 heavy (non-hydrogen) atoms. The molecule has 2 atom stereocenters. The van der Waals surface area contributed by atoms with Crippen LogP contribution in [0.15, 0.2) is 0 Å². The lowest BCUT2D eigenvalue weighted by molar-refractivity contribution is 0.188. The zero-order valence-corrected chi connectivity index (χ0v) is 10.2. The molecule has 84 valence electrons. The van der Waals surface area contributed by atoms with Gasteiger partial charge < -0.3 is 10.0 Å². The van der Waals surface area contributed by atoms with Crippen LogP contribution in [0.25, 0.3) is 0 Å². The molecule has 0 spiro atoms. The minimum Gasteiger partial charge on any atom is -0.392 e. The average Bonchev–Trinajstić information content (AvgIpc) is 2.59. The van der Waals surface area contributed by atoms with Gasteiger partial charge in [-0.2, -0.15) is 11.8 Å². The molecule has 1 aliphatic rings. The molecule has 0 aromatic heterocycles. The van der Waals surface area contributed by atoms with Crippen LogP contribution in [0.4, 0.5) is 0 Å². The Morgan fingerprint density at radius 1 is 1.29 bits per heavy atom. The van der Waals surface area contributed by atoms with E-state index in [1.54, 1.807) is 0 Å². The van der Waals surface area contributed by atoms with Crippen molar-refractivity contribution in [3.63, 3.8) is 0 Å². The molecule has 0 bridgehead atoms. The lowest BCUT2D eigenvalue weighted by atomic mass is 10.3. The first-order valence-corrected chi connectivity index (χ1v) is 6.84. The van der Waals surface area contributed by atoms with Crippen molar-refractivity contribution in [1.29, 1.82) is 0 Å². The fourth-order valence-electron chi connectivity index (χ4n) is 1.97. The van der Waals surface area contributed by atoms with E-state index in [0.29, 0.717) is 5.25 Å². The van der Waals surface area contributed by atoms with Gasteiger partial charge >= 0.3 is 0 Å². The number of rotatable bonds is 6. The van der Waals surface area contributed by atoms with Gasteiger partial charge in [0.15, 0.2) is 0 Å². The lowest BCUT2D eigenvalue weighted by Gasteiger charge is -2.19. The minimum atomic E-state index is -0.0308. The van der Waals surface area contributed by atoms with Crippen LogP contribution in [0.3, 0.4) is 0 Å². The number of thioether (sulfide) groups is 1. The molecular weight excluding hydrogens is 194 g/mol. The Morgan fingerprint density at radius 2 is 2.00 bits per heavy atom. The highest BCUT2D eigenvalue weighted by Crippen LogP contribution is 2.29. The predicted octanol–water partition coefficient (Wildman–Crippen LogP) is 1.97. The highest BCUT2D eigenvalue weighted by atomic mass is 32.2. The quantitative estimate of drug-likeness (QED) is 0.736. The molecule has 0 saturated heterocycles. The van der Waals surface area contributed by atoms with Gasteiger partial charge in [-0.1, -0.05) is 13.8 Å². The van der Waals surface area contributed by atoms with E-state index in [4.69, 9.17) is 0 Å². The van der Waals surface area contributed by atoms with E-state index in [0.717, 1.165) is 19.5 Å². The number of aliphatic hydroxyl groups excluding tert-OH is 1. The van der Waals surface area contributed by atoms with Crippen molar-refractivity contribution in [2.45, 2.75) is 44.5 Å². The molecule has 1 fully saturated rings. The third-order valence-electron chi connectivity index (χ3n) is 3.05. The normalized spacial score (nSPS) is 27.4. The number of aliphatic hydroxyl groups is 1. The third kappa shape index (κ3) is 3.79. The maximum atomic E-state index is 9.63. The second-order valence-electron chi connectivity index (χ2n) is 3.93. The van der Waals surface area contributed by atoms with Crippen LogP contribution in [0, 0.1) is 0 Å². The maximum absolute atomic E-state index is 9.63. The zero-order chi connectivity index (χ0) is 10.4. The van der Waals surface area contributed by atoms with E-state index < -0.39 is 0 Å². The van der Waals surface area contributed by atoms with E-state index in [1.165, 1.54) is 25.1 Å². The Kier molecular flexibility index (Phi) is 5.90. The first-order valence-electron chi connectivity index (χ1n) is 5.80.